The average molecular weight is 274 g/mol. The molecule has 1 aliphatic heterocycles. The third kappa shape index (κ3) is 2.31. The van der Waals surface area contributed by atoms with Crippen molar-refractivity contribution in [1.82, 2.24) is 25.1 Å². The fourth-order valence-corrected chi connectivity index (χ4v) is 2.78. The van der Waals surface area contributed by atoms with E-state index in [-0.39, 0.29) is 11.9 Å². The zero-order chi connectivity index (χ0) is 14.1. The molecule has 1 aliphatic rings. The number of amides is 1. The molecular formula is C13H18N6O. The van der Waals surface area contributed by atoms with Gasteiger partial charge in [-0.1, -0.05) is 0 Å². The van der Waals surface area contributed by atoms with Gasteiger partial charge in [-0.3, -0.25) is 9.48 Å². The number of hydrogen-bond acceptors (Lipinski definition) is 5. The van der Waals surface area contributed by atoms with Gasteiger partial charge >= 0.3 is 0 Å². The molecular weight excluding hydrogens is 256 g/mol. The van der Waals surface area contributed by atoms with Gasteiger partial charge in [0.25, 0.3) is 0 Å². The van der Waals surface area contributed by atoms with E-state index in [2.05, 4.69) is 25.3 Å². The van der Waals surface area contributed by atoms with Crippen LogP contribution in [0.15, 0.2) is 12.5 Å². The average Bonchev–Trinajstić information content (AvgIpc) is 2.80. The normalized spacial score (nSPS) is 19.3. The van der Waals surface area contributed by atoms with Gasteiger partial charge in [0, 0.05) is 33.1 Å². The van der Waals surface area contributed by atoms with Crippen molar-refractivity contribution in [2.45, 2.75) is 25.8 Å². The van der Waals surface area contributed by atoms with Crippen LogP contribution >= 0.6 is 0 Å². The Kier molecular flexibility index (Phi) is 3.25. The van der Waals surface area contributed by atoms with Crippen molar-refractivity contribution in [3.8, 4) is 0 Å². The lowest BCUT2D eigenvalue weighted by molar-refractivity contribution is -0.119. The van der Waals surface area contributed by atoms with E-state index in [1.54, 1.807) is 24.1 Å². The zero-order valence-electron chi connectivity index (χ0n) is 11.7. The fourth-order valence-electron chi connectivity index (χ4n) is 2.78. The van der Waals surface area contributed by atoms with Gasteiger partial charge in [0.1, 0.15) is 12.1 Å². The van der Waals surface area contributed by atoms with Gasteiger partial charge in [-0.2, -0.15) is 5.10 Å². The number of aromatic nitrogens is 4. The summed E-state index contributed by atoms with van der Waals surface area (Å²) in [7, 11) is 1.87. The molecule has 0 radical (unpaired) electrons. The Morgan fingerprint density at radius 3 is 3.10 bits per heavy atom. The quantitative estimate of drug-likeness (QED) is 0.861. The Morgan fingerprint density at radius 2 is 2.30 bits per heavy atom. The van der Waals surface area contributed by atoms with Crippen LogP contribution in [0.1, 0.15) is 19.8 Å². The Labute approximate surface area is 117 Å². The van der Waals surface area contributed by atoms with Crippen LogP contribution < -0.4 is 10.2 Å². The van der Waals surface area contributed by atoms with Crippen molar-refractivity contribution in [3.63, 3.8) is 0 Å². The summed E-state index contributed by atoms with van der Waals surface area (Å²) in [5, 5.41) is 8.18. The fraction of sp³-hybridized carbons (Fsp3) is 0.538. The van der Waals surface area contributed by atoms with Gasteiger partial charge in [0.2, 0.25) is 5.91 Å². The van der Waals surface area contributed by atoms with Gasteiger partial charge in [-0.15, -0.1) is 0 Å². The minimum Gasteiger partial charge on any atom is -0.354 e. The number of anilines is 1. The van der Waals surface area contributed by atoms with Gasteiger partial charge in [0.05, 0.1) is 11.6 Å². The van der Waals surface area contributed by atoms with Crippen LogP contribution in [-0.4, -0.2) is 44.8 Å². The molecule has 7 heteroatoms. The maximum absolute atomic E-state index is 11.2. The molecule has 0 aliphatic carbocycles. The topological polar surface area (TPSA) is 75.9 Å². The van der Waals surface area contributed by atoms with Crippen molar-refractivity contribution >= 4 is 22.8 Å². The summed E-state index contributed by atoms with van der Waals surface area (Å²) in [5.41, 5.74) is 0.830. The first kappa shape index (κ1) is 12.8. The van der Waals surface area contributed by atoms with Crippen LogP contribution in [0.25, 0.3) is 11.0 Å². The Bertz CT molecular complexity index is 637. The van der Waals surface area contributed by atoms with Gasteiger partial charge < -0.3 is 10.2 Å². The molecule has 3 heterocycles. The maximum Gasteiger partial charge on any atom is 0.217 e. The van der Waals surface area contributed by atoms with Gasteiger partial charge in [-0.25, -0.2) is 9.97 Å². The minimum atomic E-state index is 0.0195. The monoisotopic (exact) mass is 274 g/mol. The summed E-state index contributed by atoms with van der Waals surface area (Å²) in [6.07, 6.45) is 5.42. The second-order valence-corrected chi connectivity index (χ2v) is 5.19. The molecule has 1 amide bonds. The number of rotatable bonds is 2. The summed E-state index contributed by atoms with van der Waals surface area (Å²) in [6.45, 7) is 3.28. The summed E-state index contributed by atoms with van der Waals surface area (Å²) in [6, 6.07) is 0.183. The highest BCUT2D eigenvalue weighted by Crippen LogP contribution is 2.25. The predicted octanol–water partition coefficient (Wildman–Crippen LogP) is 0.468. The number of fused-ring (bicyclic) bond motifs is 1. The lowest BCUT2D eigenvalue weighted by Gasteiger charge is -2.33. The van der Waals surface area contributed by atoms with Crippen LogP contribution in [0, 0.1) is 0 Å². The maximum atomic E-state index is 11.2. The molecule has 3 rings (SSSR count). The molecule has 0 spiro atoms. The standard InChI is InChI=1S/C13H18N6O/c1-9(20)17-10-4-3-5-19(7-10)13-11-6-16-18(2)12(11)14-8-15-13/h6,8,10H,3-5,7H2,1-2H3,(H,17,20)/t10-/m1/s1. The Morgan fingerprint density at radius 1 is 1.45 bits per heavy atom. The number of nitrogens with zero attached hydrogens (tertiary/aromatic N) is 5. The van der Waals surface area contributed by atoms with Crippen LogP contribution in [0.2, 0.25) is 0 Å². The van der Waals surface area contributed by atoms with Crippen molar-refractivity contribution < 1.29 is 4.79 Å². The van der Waals surface area contributed by atoms with Gasteiger partial charge in [-0.05, 0) is 12.8 Å². The van der Waals surface area contributed by atoms with Crippen molar-refractivity contribution in [1.29, 1.82) is 0 Å². The van der Waals surface area contributed by atoms with E-state index in [0.717, 1.165) is 42.8 Å². The molecule has 2 aromatic heterocycles. The number of carbonyl (C=O) groups excluding carboxylic acids is 1. The van der Waals surface area contributed by atoms with E-state index in [1.807, 2.05) is 7.05 Å². The van der Waals surface area contributed by atoms with E-state index < -0.39 is 0 Å². The molecule has 2 aromatic rings. The molecule has 1 fully saturated rings. The number of hydrogen-bond donors (Lipinski definition) is 1. The molecule has 106 valence electrons. The second-order valence-electron chi connectivity index (χ2n) is 5.19. The molecule has 1 N–H and O–H groups in total. The van der Waals surface area contributed by atoms with Crippen LogP contribution in [0.3, 0.4) is 0 Å². The molecule has 1 saturated heterocycles. The number of nitrogens with one attached hydrogen (secondary N) is 1. The van der Waals surface area contributed by atoms with Crippen molar-refractivity contribution in [2.75, 3.05) is 18.0 Å². The highest BCUT2D eigenvalue weighted by Gasteiger charge is 2.23. The van der Waals surface area contributed by atoms with E-state index >= 15 is 0 Å². The predicted molar refractivity (Wildman–Crippen MR) is 75.4 cm³/mol. The summed E-state index contributed by atoms with van der Waals surface area (Å²) in [4.78, 5) is 22.1. The van der Waals surface area contributed by atoms with E-state index in [1.165, 1.54) is 0 Å². The van der Waals surface area contributed by atoms with E-state index in [9.17, 15) is 4.79 Å². The summed E-state index contributed by atoms with van der Waals surface area (Å²) >= 11 is 0. The lowest BCUT2D eigenvalue weighted by atomic mass is 10.1. The van der Waals surface area contributed by atoms with Crippen molar-refractivity contribution in [3.05, 3.63) is 12.5 Å². The highest BCUT2D eigenvalue weighted by atomic mass is 16.1. The van der Waals surface area contributed by atoms with Crippen LogP contribution in [0.4, 0.5) is 5.82 Å². The smallest absolute Gasteiger partial charge is 0.217 e. The van der Waals surface area contributed by atoms with Crippen molar-refractivity contribution in [2.24, 2.45) is 7.05 Å². The second kappa shape index (κ2) is 5.07. The Hall–Kier alpha value is -2.18. The lowest BCUT2D eigenvalue weighted by Crippen LogP contribution is -2.47. The first-order valence-corrected chi connectivity index (χ1v) is 6.80. The first-order chi connectivity index (χ1) is 9.65. The van der Waals surface area contributed by atoms with E-state index in [0.29, 0.717) is 0 Å². The third-order valence-corrected chi connectivity index (χ3v) is 3.64. The van der Waals surface area contributed by atoms with Crippen LogP contribution in [0.5, 0.6) is 0 Å². The first-order valence-electron chi connectivity index (χ1n) is 6.80. The van der Waals surface area contributed by atoms with E-state index in [4.69, 9.17) is 0 Å². The number of carbonyl (C=O) groups is 1. The molecule has 0 unspecified atom stereocenters. The SMILES string of the molecule is CC(=O)N[C@@H]1CCCN(c2ncnc3c2cnn3C)C1. The van der Waals surface area contributed by atoms with Gasteiger partial charge in [0.15, 0.2) is 5.65 Å². The van der Waals surface area contributed by atoms with Crippen LogP contribution in [-0.2, 0) is 11.8 Å². The number of aryl methyl sites for hydroxylation is 1. The number of piperidine rings is 1. The summed E-state index contributed by atoms with van der Waals surface area (Å²) in [5.74, 6) is 0.921. The molecule has 20 heavy (non-hydrogen) atoms. The molecule has 0 aromatic carbocycles. The summed E-state index contributed by atoms with van der Waals surface area (Å²) < 4.78 is 1.75. The molecule has 0 saturated carbocycles. The third-order valence-electron chi connectivity index (χ3n) is 3.64. The largest absolute Gasteiger partial charge is 0.354 e. The highest BCUT2D eigenvalue weighted by molar-refractivity contribution is 5.86. The Balaban J connectivity index is 1.88. The molecule has 0 bridgehead atoms. The molecule has 7 nitrogen and oxygen atoms in total. The molecule has 1 atom stereocenters. The minimum absolute atomic E-state index is 0.0195. The zero-order valence-corrected chi connectivity index (χ0v) is 11.7.